The summed E-state index contributed by atoms with van der Waals surface area (Å²) in [5, 5.41) is 0. The van der Waals surface area contributed by atoms with E-state index in [0.29, 0.717) is 23.3 Å². The minimum absolute atomic E-state index is 0.112. The van der Waals surface area contributed by atoms with Crippen molar-refractivity contribution in [1.82, 2.24) is 4.90 Å². The van der Waals surface area contributed by atoms with Crippen molar-refractivity contribution in [2.45, 2.75) is 45.6 Å². The molecule has 1 amide bonds. The largest absolute Gasteiger partial charge is 0.479 e. The van der Waals surface area contributed by atoms with Crippen molar-refractivity contribution in [3.8, 4) is 0 Å². The number of carbonyl (C=O) groups excluding carboxylic acids is 1. The van der Waals surface area contributed by atoms with Gasteiger partial charge in [0.2, 0.25) is 10.3 Å². The van der Waals surface area contributed by atoms with Gasteiger partial charge in [-0.3, -0.25) is 4.79 Å². The molecule has 0 fully saturated rings. The Morgan fingerprint density at radius 3 is 2.76 bits per heavy atom. The Balaban J connectivity index is 2.01. The maximum atomic E-state index is 12.8. The Labute approximate surface area is 160 Å². The number of carbonyl (C=O) groups is 1. The van der Waals surface area contributed by atoms with Crippen LogP contribution in [-0.4, -0.2) is 34.1 Å². The predicted octanol–water partition coefficient (Wildman–Crippen LogP) is 4.96. The lowest BCUT2D eigenvalue weighted by molar-refractivity contribution is -0.128. The number of amides is 1. The Morgan fingerprint density at radius 2 is 2.00 bits per heavy atom. The quantitative estimate of drug-likeness (QED) is 0.496. The molecule has 0 heterocycles. The first-order valence-electron chi connectivity index (χ1n) is 8.98. The summed E-state index contributed by atoms with van der Waals surface area (Å²) in [6, 6.07) is 10.2. The summed E-state index contributed by atoms with van der Waals surface area (Å²) in [5.41, 5.74) is 2.54. The lowest BCUT2D eigenvalue weighted by atomic mass is 10.1. The fraction of sp³-hybridized carbons (Fsp3) is 0.500. The summed E-state index contributed by atoms with van der Waals surface area (Å²) in [6.07, 6.45) is 8.33. The van der Waals surface area contributed by atoms with Crippen LogP contribution in [0.2, 0.25) is 0 Å². The smallest absolute Gasteiger partial charge is 0.233 e. The standard InChI is InChI=1S/C20H27NO2S2/c1-2-23-20(24)25-16-19(22)21(15-18-12-8-5-9-13-18)14-17-10-6-3-4-7-11-17/h5,8-10,12-13H,2-4,6-7,11,14-16H2,1H3. The summed E-state index contributed by atoms with van der Waals surface area (Å²) in [6.45, 7) is 3.80. The van der Waals surface area contributed by atoms with E-state index < -0.39 is 0 Å². The highest BCUT2D eigenvalue weighted by Gasteiger charge is 2.17. The fourth-order valence-electron chi connectivity index (χ4n) is 2.88. The lowest BCUT2D eigenvalue weighted by Crippen LogP contribution is -2.34. The second kappa shape index (κ2) is 11.3. The molecule has 5 heteroatoms. The van der Waals surface area contributed by atoms with Gasteiger partial charge in [-0.1, -0.05) is 60.2 Å². The van der Waals surface area contributed by atoms with Crippen molar-refractivity contribution in [2.75, 3.05) is 18.9 Å². The van der Waals surface area contributed by atoms with E-state index in [0.717, 1.165) is 24.9 Å². The SMILES string of the molecule is CCOC(=S)SCC(=O)N(CC1=CCCCCC1)Cc1ccccc1. The van der Waals surface area contributed by atoms with Gasteiger partial charge in [-0.15, -0.1) is 0 Å². The van der Waals surface area contributed by atoms with E-state index in [4.69, 9.17) is 17.0 Å². The molecule has 1 aromatic rings. The van der Waals surface area contributed by atoms with Crippen LogP contribution in [0, 0.1) is 0 Å². The van der Waals surface area contributed by atoms with Gasteiger partial charge < -0.3 is 9.64 Å². The summed E-state index contributed by atoms with van der Waals surface area (Å²) >= 11 is 6.44. The van der Waals surface area contributed by atoms with E-state index in [1.807, 2.05) is 30.0 Å². The topological polar surface area (TPSA) is 29.5 Å². The fourth-order valence-corrected chi connectivity index (χ4v) is 3.80. The van der Waals surface area contributed by atoms with Crippen molar-refractivity contribution in [2.24, 2.45) is 0 Å². The molecule has 0 atom stereocenters. The van der Waals surface area contributed by atoms with Crippen molar-refractivity contribution in [3.05, 3.63) is 47.5 Å². The third kappa shape index (κ3) is 7.61. The zero-order valence-corrected chi connectivity index (χ0v) is 16.5. The number of thiocarbonyl (C=S) groups is 1. The summed E-state index contributed by atoms with van der Waals surface area (Å²) in [7, 11) is 0. The van der Waals surface area contributed by atoms with Crippen LogP contribution in [-0.2, 0) is 16.1 Å². The van der Waals surface area contributed by atoms with Gasteiger partial charge >= 0.3 is 0 Å². The van der Waals surface area contributed by atoms with E-state index >= 15 is 0 Å². The highest BCUT2D eigenvalue weighted by Crippen LogP contribution is 2.20. The molecule has 1 aliphatic rings. The predicted molar refractivity (Wildman–Crippen MR) is 110 cm³/mol. The minimum atomic E-state index is 0.112. The van der Waals surface area contributed by atoms with Crippen molar-refractivity contribution >= 4 is 34.3 Å². The number of hydrogen-bond donors (Lipinski definition) is 0. The molecule has 3 nitrogen and oxygen atoms in total. The third-order valence-electron chi connectivity index (χ3n) is 4.17. The summed E-state index contributed by atoms with van der Waals surface area (Å²) in [5.74, 6) is 0.444. The molecule has 0 saturated heterocycles. The number of nitrogens with zero attached hydrogens (tertiary/aromatic N) is 1. The van der Waals surface area contributed by atoms with Crippen LogP contribution >= 0.6 is 24.0 Å². The average Bonchev–Trinajstić information content (AvgIpc) is 2.89. The molecule has 1 aromatic carbocycles. The van der Waals surface area contributed by atoms with Crippen molar-refractivity contribution < 1.29 is 9.53 Å². The Hall–Kier alpha value is -1.33. The highest BCUT2D eigenvalue weighted by atomic mass is 32.2. The summed E-state index contributed by atoms with van der Waals surface area (Å²) < 4.78 is 5.72. The lowest BCUT2D eigenvalue weighted by Gasteiger charge is -2.24. The van der Waals surface area contributed by atoms with Gasteiger partial charge in [-0.25, -0.2) is 0 Å². The van der Waals surface area contributed by atoms with Gasteiger partial charge in [0.15, 0.2) is 0 Å². The molecule has 0 bridgehead atoms. The van der Waals surface area contributed by atoms with Crippen molar-refractivity contribution in [1.29, 1.82) is 0 Å². The maximum Gasteiger partial charge on any atom is 0.233 e. The first-order chi connectivity index (χ1) is 12.2. The molecule has 136 valence electrons. The number of hydrogen-bond acceptors (Lipinski definition) is 4. The van der Waals surface area contributed by atoms with Crippen LogP contribution in [0.3, 0.4) is 0 Å². The number of thioether (sulfide) groups is 1. The second-order valence-corrected chi connectivity index (χ2v) is 7.75. The van der Waals surface area contributed by atoms with Crippen LogP contribution < -0.4 is 0 Å². The molecule has 0 N–H and O–H groups in total. The Bertz CT molecular complexity index is 587. The number of allylic oxidation sites excluding steroid dienone is 1. The van der Waals surface area contributed by atoms with Gasteiger partial charge in [0.25, 0.3) is 0 Å². The van der Waals surface area contributed by atoms with E-state index in [-0.39, 0.29) is 5.91 Å². The monoisotopic (exact) mass is 377 g/mol. The molecule has 0 aliphatic heterocycles. The molecular formula is C20H27NO2S2. The molecule has 2 rings (SSSR count). The first kappa shape index (κ1) is 20.0. The minimum Gasteiger partial charge on any atom is -0.479 e. The first-order valence-corrected chi connectivity index (χ1v) is 10.4. The van der Waals surface area contributed by atoms with Gasteiger partial charge in [0, 0.05) is 13.1 Å². The average molecular weight is 378 g/mol. The van der Waals surface area contributed by atoms with Crippen molar-refractivity contribution in [3.63, 3.8) is 0 Å². The van der Waals surface area contributed by atoms with Gasteiger partial charge in [0.05, 0.1) is 12.4 Å². The molecule has 0 spiro atoms. The second-order valence-electron chi connectivity index (χ2n) is 6.17. The van der Waals surface area contributed by atoms with Crippen LogP contribution in [0.4, 0.5) is 0 Å². The molecule has 25 heavy (non-hydrogen) atoms. The van der Waals surface area contributed by atoms with Gasteiger partial charge in [0.1, 0.15) is 0 Å². The zero-order valence-electron chi connectivity index (χ0n) is 14.9. The molecule has 0 aromatic heterocycles. The molecular weight excluding hydrogens is 350 g/mol. The van der Waals surface area contributed by atoms with E-state index in [9.17, 15) is 4.79 Å². The normalized spacial score (nSPS) is 14.4. The van der Waals surface area contributed by atoms with E-state index in [2.05, 4.69) is 18.2 Å². The molecule has 1 aliphatic carbocycles. The molecule has 0 unspecified atom stereocenters. The Kier molecular flexibility index (Phi) is 9.05. The van der Waals surface area contributed by atoms with Gasteiger partial charge in [-0.05, 0) is 50.4 Å². The number of rotatable bonds is 7. The molecule has 0 saturated carbocycles. The molecule has 0 radical (unpaired) electrons. The zero-order chi connectivity index (χ0) is 17.9. The van der Waals surface area contributed by atoms with Crippen LogP contribution in [0.15, 0.2) is 42.0 Å². The highest BCUT2D eigenvalue weighted by molar-refractivity contribution is 8.23. The van der Waals surface area contributed by atoms with Gasteiger partial charge in [-0.2, -0.15) is 0 Å². The number of ether oxygens (including phenoxy) is 1. The summed E-state index contributed by atoms with van der Waals surface area (Å²) in [4.78, 5) is 14.7. The maximum absolute atomic E-state index is 12.8. The van der Waals surface area contributed by atoms with E-state index in [1.54, 1.807) is 0 Å². The number of benzene rings is 1. The Morgan fingerprint density at radius 1 is 1.20 bits per heavy atom. The third-order valence-corrected chi connectivity index (χ3v) is 5.39. The van der Waals surface area contributed by atoms with Crippen LogP contribution in [0.25, 0.3) is 0 Å². The van der Waals surface area contributed by atoms with Crippen LogP contribution in [0.1, 0.15) is 44.6 Å². The van der Waals surface area contributed by atoms with E-state index in [1.165, 1.54) is 36.6 Å². The van der Waals surface area contributed by atoms with Crippen LogP contribution in [0.5, 0.6) is 0 Å².